The summed E-state index contributed by atoms with van der Waals surface area (Å²) in [5, 5.41) is 6.03. The van der Waals surface area contributed by atoms with E-state index in [0.717, 1.165) is 6.42 Å². The fraction of sp³-hybridized carbons (Fsp3) is 0.208. The van der Waals surface area contributed by atoms with Gasteiger partial charge in [-0.05, 0) is 41.3 Å². The number of carbonyl (C=O) groups excluding carboxylic acids is 1. The minimum absolute atomic E-state index is 0.00651. The molecule has 0 bridgehead atoms. The van der Waals surface area contributed by atoms with Gasteiger partial charge in [-0.1, -0.05) is 54.6 Å². The summed E-state index contributed by atoms with van der Waals surface area (Å²) in [5.41, 5.74) is 1.86. The summed E-state index contributed by atoms with van der Waals surface area (Å²) in [6, 6.07) is 21.8. The SMILES string of the molecule is O=C(CCCn1cnc2ccccc2c1=O)NCCc1cccc2ccccc12. The third kappa shape index (κ3) is 4.35. The maximum absolute atomic E-state index is 12.5. The number of amides is 1. The Kier molecular flexibility index (Phi) is 5.66. The highest BCUT2D eigenvalue weighted by Crippen LogP contribution is 2.18. The Morgan fingerprint density at radius 1 is 0.931 bits per heavy atom. The van der Waals surface area contributed by atoms with Gasteiger partial charge >= 0.3 is 0 Å². The number of rotatable bonds is 7. The first-order valence-corrected chi connectivity index (χ1v) is 9.90. The number of para-hydroxylation sites is 1. The van der Waals surface area contributed by atoms with Crippen LogP contribution in [0.2, 0.25) is 0 Å². The molecule has 4 aromatic rings. The molecule has 0 fully saturated rings. The van der Waals surface area contributed by atoms with E-state index in [9.17, 15) is 9.59 Å². The number of carbonyl (C=O) groups is 1. The van der Waals surface area contributed by atoms with Crippen LogP contribution in [0.1, 0.15) is 18.4 Å². The number of benzene rings is 3. The summed E-state index contributed by atoms with van der Waals surface area (Å²) >= 11 is 0. The molecular formula is C24H23N3O2. The van der Waals surface area contributed by atoms with E-state index in [-0.39, 0.29) is 11.5 Å². The van der Waals surface area contributed by atoms with E-state index >= 15 is 0 Å². The van der Waals surface area contributed by atoms with E-state index in [1.807, 2.05) is 30.3 Å². The van der Waals surface area contributed by atoms with Crippen molar-refractivity contribution in [1.82, 2.24) is 14.9 Å². The summed E-state index contributed by atoms with van der Waals surface area (Å²) in [6.07, 6.45) is 3.33. The molecule has 146 valence electrons. The highest BCUT2D eigenvalue weighted by molar-refractivity contribution is 5.85. The van der Waals surface area contributed by atoms with E-state index in [1.165, 1.54) is 16.3 Å². The molecule has 1 N–H and O–H groups in total. The van der Waals surface area contributed by atoms with Crippen molar-refractivity contribution in [3.8, 4) is 0 Å². The summed E-state index contributed by atoms with van der Waals surface area (Å²) in [5.74, 6) is 0.00651. The van der Waals surface area contributed by atoms with Gasteiger partial charge in [-0.25, -0.2) is 4.98 Å². The normalized spacial score (nSPS) is 11.0. The Labute approximate surface area is 169 Å². The van der Waals surface area contributed by atoms with Crippen molar-refractivity contribution in [3.05, 3.63) is 89.0 Å². The fourth-order valence-corrected chi connectivity index (χ4v) is 3.61. The highest BCUT2D eigenvalue weighted by atomic mass is 16.1. The van der Waals surface area contributed by atoms with Crippen LogP contribution in [0.15, 0.2) is 77.9 Å². The van der Waals surface area contributed by atoms with Crippen molar-refractivity contribution in [1.29, 1.82) is 0 Å². The molecule has 0 aliphatic rings. The minimum Gasteiger partial charge on any atom is -0.356 e. The molecule has 4 rings (SSSR count). The zero-order chi connectivity index (χ0) is 20.1. The lowest BCUT2D eigenvalue weighted by Crippen LogP contribution is -2.26. The number of nitrogens with one attached hydrogen (secondary N) is 1. The molecule has 1 heterocycles. The van der Waals surface area contributed by atoms with Crippen LogP contribution >= 0.6 is 0 Å². The van der Waals surface area contributed by atoms with Crippen molar-refractivity contribution in [2.75, 3.05) is 6.54 Å². The van der Waals surface area contributed by atoms with Crippen molar-refractivity contribution >= 4 is 27.6 Å². The second-order valence-electron chi connectivity index (χ2n) is 7.10. The molecule has 1 aromatic heterocycles. The molecule has 0 radical (unpaired) electrons. The van der Waals surface area contributed by atoms with Gasteiger partial charge in [0, 0.05) is 19.5 Å². The molecule has 0 saturated carbocycles. The number of aromatic nitrogens is 2. The van der Waals surface area contributed by atoms with Gasteiger partial charge in [-0.3, -0.25) is 14.2 Å². The summed E-state index contributed by atoms with van der Waals surface area (Å²) < 4.78 is 1.58. The molecule has 3 aromatic carbocycles. The first kappa shape index (κ1) is 18.9. The van der Waals surface area contributed by atoms with Crippen LogP contribution in [-0.2, 0) is 17.8 Å². The molecule has 0 unspecified atom stereocenters. The maximum Gasteiger partial charge on any atom is 0.261 e. The summed E-state index contributed by atoms with van der Waals surface area (Å²) in [7, 11) is 0. The number of aryl methyl sites for hydroxylation is 1. The van der Waals surface area contributed by atoms with Crippen LogP contribution in [0.3, 0.4) is 0 Å². The van der Waals surface area contributed by atoms with E-state index in [0.29, 0.717) is 36.8 Å². The lowest BCUT2D eigenvalue weighted by Gasteiger charge is -2.09. The first-order valence-electron chi connectivity index (χ1n) is 9.90. The van der Waals surface area contributed by atoms with Gasteiger partial charge in [0.15, 0.2) is 0 Å². The zero-order valence-electron chi connectivity index (χ0n) is 16.2. The van der Waals surface area contributed by atoms with Crippen LogP contribution in [0.25, 0.3) is 21.7 Å². The van der Waals surface area contributed by atoms with Crippen LogP contribution in [-0.4, -0.2) is 22.0 Å². The Hall–Kier alpha value is -3.47. The molecule has 29 heavy (non-hydrogen) atoms. The molecule has 0 aliphatic heterocycles. The van der Waals surface area contributed by atoms with Crippen molar-refractivity contribution in [2.45, 2.75) is 25.8 Å². The molecule has 0 saturated heterocycles. The third-order valence-electron chi connectivity index (χ3n) is 5.13. The standard InChI is InChI=1S/C24H23N3O2/c28-23(25-15-14-19-9-5-8-18-7-1-2-10-20(18)19)13-6-16-27-17-26-22-12-4-3-11-21(22)24(27)29/h1-5,7-12,17H,6,13-16H2,(H,25,28). The lowest BCUT2D eigenvalue weighted by molar-refractivity contribution is -0.121. The van der Waals surface area contributed by atoms with Gasteiger partial charge in [0.25, 0.3) is 5.56 Å². The molecule has 1 amide bonds. The summed E-state index contributed by atoms with van der Waals surface area (Å²) in [4.78, 5) is 28.9. The molecule has 0 aliphatic carbocycles. The lowest BCUT2D eigenvalue weighted by atomic mass is 10.0. The quantitative estimate of drug-likeness (QED) is 0.528. The monoisotopic (exact) mass is 385 g/mol. The number of hydrogen-bond acceptors (Lipinski definition) is 3. The Morgan fingerprint density at radius 3 is 2.59 bits per heavy atom. The Morgan fingerprint density at radius 2 is 1.69 bits per heavy atom. The smallest absolute Gasteiger partial charge is 0.261 e. The van der Waals surface area contributed by atoms with Crippen LogP contribution in [0.5, 0.6) is 0 Å². The minimum atomic E-state index is -0.0630. The first-order chi connectivity index (χ1) is 14.2. The van der Waals surface area contributed by atoms with E-state index in [4.69, 9.17) is 0 Å². The van der Waals surface area contributed by atoms with Crippen LogP contribution in [0, 0.1) is 0 Å². The second kappa shape index (κ2) is 8.69. The van der Waals surface area contributed by atoms with E-state index in [1.54, 1.807) is 17.0 Å². The predicted molar refractivity (Wildman–Crippen MR) is 116 cm³/mol. The highest BCUT2D eigenvalue weighted by Gasteiger charge is 2.06. The van der Waals surface area contributed by atoms with Crippen LogP contribution < -0.4 is 10.9 Å². The maximum atomic E-state index is 12.5. The second-order valence-corrected chi connectivity index (χ2v) is 7.10. The Balaban J connectivity index is 1.27. The van der Waals surface area contributed by atoms with E-state index in [2.05, 4.69) is 40.6 Å². The van der Waals surface area contributed by atoms with Crippen LogP contribution in [0.4, 0.5) is 0 Å². The van der Waals surface area contributed by atoms with Crippen molar-refractivity contribution in [3.63, 3.8) is 0 Å². The number of nitrogens with zero attached hydrogens (tertiary/aromatic N) is 2. The van der Waals surface area contributed by atoms with E-state index < -0.39 is 0 Å². The van der Waals surface area contributed by atoms with Gasteiger partial charge in [0.2, 0.25) is 5.91 Å². The average Bonchev–Trinajstić information content (AvgIpc) is 2.76. The van der Waals surface area contributed by atoms with Crippen molar-refractivity contribution < 1.29 is 4.79 Å². The fourth-order valence-electron chi connectivity index (χ4n) is 3.61. The summed E-state index contributed by atoms with van der Waals surface area (Å²) in [6.45, 7) is 1.08. The largest absolute Gasteiger partial charge is 0.356 e. The average molecular weight is 385 g/mol. The number of hydrogen-bond donors (Lipinski definition) is 1. The molecule has 5 heteroatoms. The molecule has 5 nitrogen and oxygen atoms in total. The predicted octanol–water partition coefficient (Wildman–Crippen LogP) is 3.69. The third-order valence-corrected chi connectivity index (χ3v) is 5.13. The van der Waals surface area contributed by atoms with Gasteiger partial charge in [-0.15, -0.1) is 0 Å². The molecule has 0 atom stereocenters. The Bertz CT molecular complexity index is 1210. The van der Waals surface area contributed by atoms with Gasteiger partial charge in [0.05, 0.1) is 17.2 Å². The van der Waals surface area contributed by atoms with Gasteiger partial charge in [0.1, 0.15) is 0 Å². The molecular weight excluding hydrogens is 362 g/mol. The topological polar surface area (TPSA) is 64.0 Å². The zero-order valence-corrected chi connectivity index (χ0v) is 16.2. The van der Waals surface area contributed by atoms with Gasteiger partial charge in [-0.2, -0.15) is 0 Å². The van der Waals surface area contributed by atoms with Gasteiger partial charge < -0.3 is 5.32 Å². The molecule has 0 spiro atoms. The number of fused-ring (bicyclic) bond motifs is 2. The van der Waals surface area contributed by atoms with Crippen molar-refractivity contribution in [2.24, 2.45) is 0 Å².